The van der Waals surface area contributed by atoms with Gasteiger partial charge in [-0.2, -0.15) is 0 Å². The van der Waals surface area contributed by atoms with Gasteiger partial charge in [-0.3, -0.25) is 4.72 Å². The molecule has 0 atom stereocenters. The van der Waals surface area contributed by atoms with Crippen LogP contribution in [0.3, 0.4) is 0 Å². The van der Waals surface area contributed by atoms with Crippen molar-refractivity contribution in [2.45, 2.75) is 25.3 Å². The molecule has 1 heterocycles. The van der Waals surface area contributed by atoms with Crippen LogP contribution in [-0.4, -0.2) is 13.4 Å². The second kappa shape index (κ2) is 5.28. The zero-order valence-corrected chi connectivity index (χ0v) is 12.3. The molecule has 5 nitrogen and oxygen atoms in total. The maximum absolute atomic E-state index is 12.1. The number of anilines is 1. The van der Waals surface area contributed by atoms with Crippen LogP contribution in [0.1, 0.15) is 16.1 Å². The van der Waals surface area contributed by atoms with Gasteiger partial charge in [0.1, 0.15) is 0 Å². The van der Waals surface area contributed by atoms with E-state index in [1.54, 1.807) is 12.1 Å². The fourth-order valence-corrected chi connectivity index (χ4v) is 3.54. The van der Waals surface area contributed by atoms with E-state index >= 15 is 0 Å². The number of hydrogen-bond donors (Lipinski definition) is 2. The second-order valence-corrected chi connectivity index (χ2v) is 7.00. The molecule has 0 aliphatic heterocycles. The molecule has 0 bridgehead atoms. The van der Waals surface area contributed by atoms with Gasteiger partial charge in [-0.05, 0) is 31.5 Å². The molecule has 0 aliphatic carbocycles. The Morgan fingerprint density at radius 1 is 1.26 bits per heavy atom. The minimum Gasteiger partial charge on any atom is -0.326 e. The van der Waals surface area contributed by atoms with E-state index in [4.69, 9.17) is 5.73 Å². The van der Waals surface area contributed by atoms with E-state index in [2.05, 4.69) is 9.71 Å². The summed E-state index contributed by atoms with van der Waals surface area (Å²) in [6.07, 6.45) is 0. The lowest BCUT2D eigenvalue weighted by molar-refractivity contribution is 0.601. The molecule has 19 heavy (non-hydrogen) atoms. The Morgan fingerprint density at radius 2 is 1.89 bits per heavy atom. The molecule has 0 unspecified atom stereocenters. The molecular weight excluding hydrogens is 282 g/mol. The molecule has 1 aromatic carbocycles. The molecule has 0 radical (unpaired) electrons. The molecule has 0 spiro atoms. The normalized spacial score (nSPS) is 11.5. The third-order valence-corrected chi connectivity index (χ3v) is 5.19. The second-order valence-electron chi connectivity index (χ2n) is 4.11. The van der Waals surface area contributed by atoms with Crippen molar-refractivity contribution in [3.63, 3.8) is 0 Å². The molecule has 0 aliphatic rings. The third-order valence-electron chi connectivity index (χ3n) is 2.72. The quantitative estimate of drug-likeness (QED) is 0.904. The Kier molecular flexibility index (Phi) is 3.88. The Hall–Kier alpha value is -1.44. The van der Waals surface area contributed by atoms with Crippen LogP contribution in [-0.2, 0) is 16.6 Å². The van der Waals surface area contributed by atoms with Gasteiger partial charge in [0.2, 0.25) is 0 Å². The first-order chi connectivity index (χ1) is 8.92. The molecule has 0 saturated heterocycles. The molecule has 3 N–H and O–H groups in total. The fraction of sp³-hybridized carbons (Fsp3) is 0.250. The van der Waals surface area contributed by atoms with Crippen LogP contribution < -0.4 is 10.5 Å². The summed E-state index contributed by atoms with van der Waals surface area (Å²) in [5.74, 6) is 0. The Labute approximate surface area is 116 Å². The van der Waals surface area contributed by atoms with Crippen LogP contribution in [0.15, 0.2) is 29.2 Å². The van der Waals surface area contributed by atoms with Crippen LogP contribution in [0.2, 0.25) is 0 Å². The number of nitrogens with one attached hydrogen (secondary N) is 1. The lowest BCUT2D eigenvalue weighted by Gasteiger charge is -2.05. The summed E-state index contributed by atoms with van der Waals surface area (Å²) in [7, 11) is -3.58. The van der Waals surface area contributed by atoms with Gasteiger partial charge in [-0.25, -0.2) is 13.4 Å². The van der Waals surface area contributed by atoms with Crippen LogP contribution in [0, 0.1) is 13.8 Å². The highest BCUT2D eigenvalue weighted by Gasteiger charge is 2.16. The number of sulfonamides is 1. The van der Waals surface area contributed by atoms with E-state index in [1.807, 2.05) is 13.8 Å². The average molecular weight is 297 g/mol. The van der Waals surface area contributed by atoms with Crippen LogP contribution >= 0.6 is 11.3 Å². The number of hydrogen-bond acceptors (Lipinski definition) is 5. The molecule has 0 amide bonds. The van der Waals surface area contributed by atoms with Gasteiger partial charge in [-0.15, -0.1) is 11.3 Å². The van der Waals surface area contributed by atoms with Crippen molar-refractivity contribution in [1.82, 2.24) is 4.98 Å². The first-order valence-corrected chi connectivity index (χ1v) is 7.98. The Morgan fingerprint density at radius 3 is 2.37 bits per heavy atom. The molecule has 0 saturated carbocycles. The van der Waals surface area contributed by atoms with Gasteiger partial charge in [0.25, 0.3) is 10.0 Å². The summed E-state index contributed by atoms with van der Waals surface area (Å²) in [6, 6.07) is 6.48. The summed E-state index contributed by atoms with van der Waals surface area (Å²) < 4.78 is 26.8. The number of aromatic nitrogens is 1. The Bertz CT molecular complexity index is 656. The van der Waals surface area contributed by atoms with Gasteiger partial charge in [-0.1, -0.05) is 12.1 Å². The SMILES string of the molecule is Cc1nc(NS(=O)(=O)c2ccc(CN)cc2)sc1C. The summed E-state index contributed by atoms with van der Waals surface area (Å²) in [5, 5.41) is 0.387. The predicted molar refractivity (Wildman–Crippen MR) is 76.7 cm³/mol. The van der Waals surface area contributed by atoms with Gasteiger partial charge >= 0.3 is 0 Å². The zero-order chi connectivity index (χ0) is 14.0. The minimum absolute atomic E-state index is 0.204. The van der Waals surface area contributed by atoms with E-state index in [1.165, 1.54) is 23.5 Å². The van der Waals surface area contributed by atoms with E-state index < -0.39 is 10.0 Å². The smallest absolute Gasteiger partial charge is 0.263 e. The lowest BCUT2D eigenvalue weighted by atomic mass is 10.2. The van der Waals surface area contributed by atoms with Gasteiger partial charge in [0, 0.05) is 11.4 Å². The van der Waals surface area contributed by atoms with Crippen LogP contribution in [0.4, 0.5) is 5.13 Å². The molecule has 102 valence electrons. The van der Waals surface area contributed by atoms with Crippen molar-refractivity contribution in [3.05, 3.63) is 40.4 Å². The number of nitrogens with two attached hydrogens (primary N) is 1. The first-order valence-electron chi connectivity index (χ1n) is 5.68. The molecule has 2 rings (SSSR count). The predicted octanol–water partition coefficient (Wildman–Crippen LogP) is 2.02. The largest absolute Gasteiger partial charge is 0.326 e. The van der Waals surface area contributed by atoms with E-state index in [9.17, 15) is 8.42 Å². The van der Waals surface area contributed by atoms with E-state index in [-0.39, 0.29) is 4.90 Å². The molecule has 2 aromatic rings. The van der Waals surface area contributed by atoms with Gasteiger partial charge in [0.15, 0.2) is 5.13 Å². The highest BCUT2D eigenvalue weighted by Crippen LogP contribution is 2.24. The van der Waals surface area contributed by atoms with Crippen molar-refractivity contribution in [2.75, 3.05) is 4.72 Å². The van der Waals surface area contributed by atoms with Crippen molar-refractivity contribution < 1.29 is 8.42 Å². The monoisotopic (exact) mass is 297 g/mol. The molecule has 0 fully saturated rings. The lowest BCUT2D eigenvalue weighted by Crippen LogP contribution is -2.13. The number of aryl methyl sites for hydroxylation is 2. The molecular formula is C12H15N3O2S2. The number of thiazole rings is 1. The number of rotatable bonds is 4. The average Bonchev–Trinajstić information content (AvgIpc) is 2.67. The van der Waals surface area contributed by atoms with Crippen molar-refractivity contribution in [3.8, 4) is 0 Å². The van der Waals surface area contributed by atoms with Crippen molar-refractivity contribution in [1.29, 1.82) is 0 Å². The minimum atomic E-state index is -3.58. The number of benzene rings is 1. The Balaban J connectivity index is 2.26. The topological polar surface area (TPSA) is 85.1 Å². The highest BCUT2D eigenvalue weighted by molar-refractivity contribution is 7.93. The maximum Gasteiger partial charge on any atom is 0.263 e. The third kappa shape index (κ3) is 3.12. The summed E-state index contributed by atoms with van der Waals surface area (Å²) in [4.78, 5) is 5.36. The van der Waals surface area contributed by atoms with Crippen molar-refractivity contribution in [2.24, 2.45) is 5.73 Å². The zero-order valence-electron chi connectivity index (χ0n) is 10.7. The molecule has 1 aromatic heterocycles. The standard InChI is InChI=1S/C12H15N3O2S2/c1-8-9(2)18-12(14-8)15-19(16,17)11-5-3-10(7-13)4-6-11/h3-6H,7,13H2,1-2H3,(H,14,15). The summed E-state index contributed by atoms with van der Waals surface area (Å²) in [5.41, 5.74) is 7.20. The first kappa shape index (κ1) is 14.0. The summed E-state index contributed by atoms with van der Waals surface area (Å²) >= 11 is 1.32. The van der Waals surface area contributed by atoms with Gasteiger partial charge < -0.3 is 5.73 Å². The van der Waals surface area contributed by atoms with E-state index in [0.717, 1.165) is 16.1 Å². The molecule has 7 heteroatoms. The van der Waals surface area contributed by atoms with Crippen molar-refractivity contribution >= 4 is 26.5 Å². The maximum atomic E-state index is 12.1. The number of nitrogens with zero attached hydrogens (tertiary/aromatic N) is 1. The fourth-order valence-electron chi connectivity index (χ4n) is 1.49. The van der Waals surface area contributed by atoms with Gasteiger partial charge in [0.05, 0.1) is 10.6 Å². The summed E-state index contributed by atoms with van der Waals surface area (Å²) in [6.45, 7) is 4.14. The van der Waals surface area contributed by atoms with Crippen LogP contribution in [0.25, 0.3) is 0 Å². The van der Waals surface area contributed by atoms with E-state index in [0.29, 0.717) is 11.7 Å². The van der Waals surface area contributed by atoms with Crippen LogP contribution in [0.5, 0.6) is 0 Å². The highest BCUT2D eigenvalue weighted by atomic mass is 32.2.